The van der Waals surface area contributed by atoms with Crippen molar-refractivity contribution in [3.63, 3.8) is 0 Å². The Hall–Kier alpha value is -8.95. The van der Waals surface area contributed by atoms with Gasteiger partial charge < -0.3 is 9.13 Å². The summed E-state index contributed by atoms with van der Waals surface area (Å²) in [5.74, 6) is 0.821. The smallest absolute Gasteiger partial charge is 0.138 e. The normalized spacial score (nSPS) is 11.7. The molecule has 7 heterocycles. The summed E-state index contributed by atoms with van der Waals surface area (Å²) in [7, 11) is 0. The summed E-state index contributed by atoms with van der Waals surface area (Å²) in [6, 6.07) is 82.2. The van der Waals surface area contributed by atoms with Crippen LogP contribution in [0.15, 0.2) is 243 Å². The molecular formula is C63H40N6S2. The highest BCUT2D eigenvalue weighted by Crippen LogP contribution is 2.46. The molecule has 0 aliphatic rings. The quantitative estimate of drug-likeness (QED) is 0.145. The van der Waals surface area contributed by atoms with E-state index in [2.05, 4.69) is 218 Å². The number of hydrogen-bond donors (Lipinski definition) is 0. The standard InChI is InChI=1S/C63H40N6S2/c1-3-18-44(19-4-1)68-55-28-8-7-24-48(55)50-37-51-49-36-43(30-31-56(49)69(58(51)38-57(50)68)45-20-5-2-6-21-45)59-39-61-62(70-59)40-60(71-61)54-27-15-29-63(66-54)67(46-22-13-16-41(34-46)52-25-9-11-32-64-52)47-23-14-17-42(35-47)53-26-10-12-33-65-53/h1-40H. The van der Waals surface area contributed by atoms with E-state index in [1.54, 1.807) is 11.3 Å². The largest absolute Gasteiger partial charge is 0.309 e. The first-order valence-corrected chi connectivity index (χ1v) is 25.3. The summed E-state index contributed by atoms with van der Waals surface area (Å²) >= 11 is 3.64. The number of thiophene rings is 2. The second kappa shape index (κ2) is 16.9. The maximum absolute atomic E-state index is 5.41. The molecule has 14 rings (SSSR count). The van der Waals surface area contributed by atoms with E-state index in [1.807, 2.05) is 60.1 Å². The van der Waals surface area contributed by atoms with E-state index in [4.69, 9.17) is 4.98 Å². The fourth-order valence-electron chi connectivity index (χ4n) is 10.2. The fraction of sp³-hybridized carbons (Fsp3) is 0. The van der Waals surface area contributed by atoms with E-state index in [-0.39, 0.29) is 0 Å². The molecule has 71 heavy (non-hydrogen) atoms. The molecule has 0 unspecified atom stereocenters. The molecule has 14 aromatic rings. The van der Waals surface area contributed by atoms with E-state index < -0.39 is 0 Å². The summed E-state index contributed by atoms with van der Waals surface area (Å²) < 4.78 is 7.33. The van der Waals surface area contributed by atoms with Crippen molar-refractivity contribution < 1.29 is 0 Å². The van der Waals surface area contributed by atoms with Crippen molar-refractivity contribution in [3.8, 4) is 54.9 Å². The number of fused-ring (bicyclic) bond motifs is 7. The lowest BCUT2D eigenvalue weighted by atomic mass is 10.1. The van der Waals surface area contributed by atoms with Gasteiger partial charge in [0.1, 0.15) is 5.82 Å². The van der Waals surface area contributed by atoms with Crippen LogP contribution in [0.3, 0.4) is 0 Å². The molecule has 6 nitrogen and oxygen atoms in total. The predicted octanol–water partition coefficient (Wildman–Crippen LogP) is 17.5. The van der Waals surface area contributed by atoms with Crippen LogP contribution >= 0.6 is 22.7 Å². The molecule has 0 N–H and O–H groups in total. The van der Waals surface area contributed by atoms with E-state index in [0.29, 0.717) is 0 Å². The lowest BCUT2D eigenvalue weighted by Crippen LogP contribution is -2.12. The molecule has 0 aliphatic carbocycles. The van der Waals surface area contributed by atoms with Gasteiger partial charge in [-0.2, -0.15) is 0 Å². The second-order valence-electron chi connectivity index (χ2n) is 17.7. The molecule has 334 valence electrons. The van der Waals surface area contributed by atoms with Gasteiger partial charge in [0.25, 0.3) is 0 Å². The average Bonchev–Trinajstić information content (AvgIpc) is 4.20. The molecule has 0 saturated heterocycles. The van der Waals surface area contributed by atoms with E-state index in [1.165, 1.54) is 63.5 Å². The van der Waals surface area contributed by atoms with Crippen molar-refractivity contribution >= 4 is 92.9 Å². The molecule has 0 spiro atoms. The van der Waals surface area contributed by atoms with Gasteiger partial charge in [-0.15, -0.1) is 22.7 Å². The van der Waals surface area contributed by atoms with Crippen LogP contribution in [0, 0.1) is 0 Å². The monoisotopic (exact) mass is 944 g/mol. The van der Waals surface area contributed by atoms with Crippen LogP contribution in [0.4, 0.5) is 17.2 Å². The third-order valence-electron chi connectivity index (χ3n) is 13.4. The number of rotatable bonds is 9. The Morgan fingerprint density at radius 2 is 0.873 bits per heavy atom. The third-order valence-corrected chi connectivity index (χ3v) is 15.8. The minimum Gasteiger partial charge on any atom is -0.309 e. The lowest BCUT2D eigenvalue weighted by Gasteiger charge is -2.25. The van der Waals surface area contributed by atoms with E-state index >= 15 is 0 Å². The first-order chi connectivity index (χ1) is 35.2. The summed E-state index contributed by atoms with van der Waals surface area (Å²) in [5, 5.41) is 4.97. The van der Waals surface area contributed by atoms with Gasteiger partial charge in [0.2, 0.25) is 0 Å². The van der Waals surface area contributed by atoms with Crippen molar-refractivity contribution in [2.24, 2.45) is 0 Å². The molecule has 0 radical (unpaired) electrons. The van der Waals surface area contributed by atoms with Crippen LogP contribution in [0.2, 0.25) is 0 Å². The van der Waals surface area contributed by atoms with Gasteiger partial charge in [-0.25, -0.2) is 4.98 Å². The molecule has 0 fully saturated rings. The zero-order valence-corrected chi connectivity index (χ0v) is 39.7. The van der Waals surface area contributed by atoms with Crippen LogP contribution in [-0.4, -0.2) is 24.1 Å². The van der Waals surface area contributed by atoms with Crippen molar-refractivity contribution in [2.75, 3.05) is 4.90 Å². The number of aromatic nitrogens is 5. The molecule has 0 aliphatic heterocycles. The predicted molar refractivity (Wildman–Crippen MR) is 298 cm³/mol. The lowest BCUT2D eigenvalue weighted by molar-refractivity contribution is 1.16. The summed E-state index contributed by atoms with van der Waals surface area (Å²) in [6.45, 7) is 0. The van der Waals surface area contributed by atoms with Crippen molar-refractivity contribution in [1.29, 1.82) is 0 Å². The third kappa shape index (κ3) is 7.11. The minimum absolute atomic E-state index is 0.821. The van der Waals surface area contributed by atoms with E-state index in [0.717, 1.165) is 61.7 Å². The molecule has 0 bridgehead atoms. The zero-order chi connectivity index (χ0) is 46.8. The van der Waals surface area contributed by atoms with Crippen LogP contribution in [-0.2, 0) is 0 Å². The first-order valence-electron chi connectivity index (χ1n) is 23.7. The summed E-state index contributed by atoms with van der Waals surface area (Å²) in [4.78, 5) is 19.4. The van der Waals surface area contributed by atoms with Gasteiger partial charge in [-0.1, -0.05) is 103 Å². The van der Waals surface area contributed by atoms with Crippen LogP contribution < -0.4 is 4.90 Å². The Bertz CT molecular complexity index is 4170. The Labute approximate surface area is 417 Å². The van der Waals surface area contributed by atoms with Gasteiger partial charge in [0.05, 0.1) is 44.0 Å². The Morgan fingerprint density at radius 1 is 0.338 bits per heavy atom. The van der Waals surface area contributed by atoms with Gasteiger partial charge in [0.15, 0.2) is 0 Å². The van der Waals surface area contributed by atoms with E-state index in [9.17, 15) is 0 Å². The van der Waals surface area contributed by atoms with Gasteiger partial charge in [-0.05, 0) is 133 Å². The van der Waals surface area contributed by atoms with Gasteiger partial charge in [-0.3, -0.25) is 14.9 Å². The van der Waals surface area contributed by atoms with Gasteiger partial charge >= 0.3 is 0 Å². The molecule has 0 saturated carbocycles. The Morgan fingerprint density at radius 3 is 1.52 bits per heavy atom. The Balaban J connectivity index is 0.862. The fourth-order valence-corrected chi connectivity index (χ4v) is 12.6. The number of pyridine rings is 3. The molecule has 7 aromatic heterocycles. The molecule has 0 amide bonds. The SMILES string of the molecule is c1ccc(-n2c3ccccc3c3cc4c5cc(-c6cc7sc(-c8cccc(N(c9cccc(-c%10ccccn%10)c9)c9cccc(-c%10ccccn%10)c9)n8)cc7s6)ccc5n(-c5ccccc5)c4cc32)cc1. The number of benzene rings is 7. The molecule has 0 atom stereocenters. The topological polar surface area (TPSA) is 51.8 Å². The highest BCUT2D eigenvalue weighted by atomic mass is 32.1. The average molecular weight is 945 g/mol. The number of anilines is 3. The van der Waals surface area contributed by atoms with Crippen molar-refractivity contribution in [2.45, 2.75) is 0 Å². The first kappa shape index (κ1) is 41.1. The van der Waals surface area contributed by atoms with Crippen molar-refractivity contribution in [1.82, 2.24) is 24.1 Å². The second-order valence-corrected chi connectivity index (χ2v) is 19.8. The van der Waals surface area contributed by atoms with Crippen molar-refractivity contribution in [3.05, 3.63) is 243 Å². The molecular weight excluding hydrogens is 905 g/mol. The van der Waals surface area contributed by atoms with Crippen LogP contribution in [0.1, 0.15) is 0 Å². The molecule has 8 heteroatoms. The summed E-state index contributed by atoms with van der Waals surface area (Å²) in [6.07, 6.45) is 3.67. The van der Waals surface area contributed by atoms with Crippen LogP contribution in [0.5, 0.6) is 0 Å². The zero-order valence-electron chi connectivity index (χ0n) is 38.1. The Kier molecular flexibility index (Phi) is 9.79. The maximum Gasteiger partial charge on any atom is 0.138 e. The van der Waals surface area contributed by atoms with Crippen LogP contribution in [0.25, 0.3) is 108 Å². The highest BCUT2D eigenvalue weighted by Gasteiger charge is 2.21. The highest BCUT2D eigenvalue weighted by molar-refractivity contribution is 7.31. The number of para-hydroxylation sites is 3. The van der Waals surface area contributed by atoms with Gasteiger partial charge in [0, 0.05) is 82.1 Å². The summed E-state index contributed by atoms with van der Waals surface area (Å²) in [5.41, 5.74) is 15.1. The number of nitrogens with zero attached hydrogens (tertiary/aromatic N) is 6. The molecule has 7 aromatic carbocycles. The minimum atomic E-state index is 0.821. The maximum atomic E-state index is 5.41. The number of hydrogen-bond acceptors (Lipinski definition) is 6.